The molecule has 0 aromatic carbocycles. The van der Waals surface area contributed by atoms with Crippen LogP contribution < -0.4 is 5.56 Å². The van der Waals surface area contributed by atoms with Crippen LogP contribution in [-0.4, -0.2) is 65.6 Å². The van der Waals surface area contributed by atoms with Gasteiger partial charge in [0, 0.05) is 62.3 Å². The Morgan fingerprint density at radius 3 is 2.60 bits per heavy atom. The zero-order chi connectivity index (χ0) is 17.4. The summed E-state index contributed by atoms with van der Waals surface area (Å²) in [5.74, 6) is 0.426. The summed E-state index contributed by atoms with van der Waals surface area (Å²) in [6.45, 7) is 6.32. The Morgan fingerprint density at radius 2 is 1.92 bits per heavy atom. The molecule has 4 rings (SSSR count). The van der Waals surface area contributed by atoms with Crippen LogP contribution in [0.4, 0.5) is 0 Å². The topological polar surface area (TPSA) is 65.6 Å². The van der Waals surface area contributed by atoms with Crippen molar-refractivity contribution in [2.45, 2.75) is 50.6 Å². The monoisotopic (exact) mass is 345 g/mol. The smallest absolute Gasteiger partial charge is 0.254 e. The van der Waals surface area contributed by atoms with Gasteiger partial charge in [-0.05, 0) is 44.6 Å². The molecule has 0 unspecified atom stereocenters. The Hall–Kier alpha value is -1.66. The van der Waals surface area contributed by atoms with Crippen molar-refractivity contribution in [2.75, 3.05) is 32.8 Å². The van der Waals surface area contributed by atoms with Gasteiger partial charge in [-0.1, -0.05) is 0 Å². The second-order valence-corrected chi connectivity index (χ2v) is 7.65. The Morgan fingerprint density at radius 1 is 1.16 bits per heavy atom. The molecule has 1 amide bonds. The minimum atomic E-state index is -0.166. The molecule has 3 heterocycles. The summed E-state index contributed by atoms with van der Waals surface area (Å²) in [6.07, 6.45) is 4.38. The summed E-state index contributed by atoms with van der Waals surface area (Å²) < 4.78 is 5.46. The van der Waals surface area contributed by atoms with Crippen LogP contribution in [-0.2, 0) is 4.74 Å². The Labute approximate surface area is 148 Å². The number of ether oxygens (including phenoxy) is 1. The standard InChI is InChI=1S/C19H27N3O3/c1-13-12-21(16-4-8-25-9-5-16)6-7-22(13)19(24)15-10-17(14-2-3-14)20-18(23)11-15/h10-11,13-14,16H,2-9,12H2,1H3,(H,20,23)/t13-/m1/s1. The van der Waals surface area contributed by atoms with Gasteiger partial charge in [0.05, 0.1) is 0 Å². The largest absolute Gasteiger partial charge is 0.381 e. The van der Waals surface area contributed by atoms with E-state index in [9.17, 15) is 9.59 Å². The van der Waals surface area contributed by atoms with E-state index in [2.05, 4.69) is 16.8 Å². The maximum atomic E-state index is 13.0. The van der Waals surface area contributed by atoms with Gasteiger partial charge in [-0.3, -0.25) is 14.5 Å². The molecule has 1 atom stereocenters. The quantitative estimate of drug-likeness (QED) is 0.903. The predicted octanol–water partition coefficient (Wildman–Crippen LogP) is 1.58. The van der Waals surface area contributed by atoms with Crippen molar-refractivity contribution in [1.82, 2.24) is 14.8 Å². The average molecular weight is 345 g/mol. The molecule has 1 saturated carbocycles. The van der Waals surface area contributed by atoms with Crippen molar-refractivity contribution >= 4 is 5.91 Å². The Kier molecular flexibility index (Phi) is 4.65. The van der Waals surface area contributed by atoms with Crippen molar-refractivity contribution in [3.8, 4) is 0 Å². The molecule has 3 aliphatic rings. The van der Waals surface area contributed by atoms with Crippen LogP contribution in [0.1, 0.15) is 54.6 Å². The number of carbonyl (C=O) groups is 1. The number of nitrogens with zero attached hydrogens (tertiary/aromatic N) is 2. The number of rotatable bonds is 3. The van der Waals surface area contributed by atoms with Gasteiger partial charge >= 0.3 is 0 Å². The highest BCUT2D eigenvalue weighted by Crippen LogP contribution is 2.38. The maximum absolute atomic E-state index is 13.0. The third-order valence-electron chi connectivity index (χ3n) is 5.76. The minimum absolute atomic E-state index is 0.00729. The average Bonchev–Trinajstić information content (AvgIpc) is 3.46. The maximum Gasteiger partial charge on any atom is 0.254 e. The van der Waals surface area contributed by atoms with E-state index >= 15 is 0 Å². The van der Waals surface area contributed by atoms with Crippen LogP contribution in [0.3, 0.4) is 0 Å². The first kappa shape index (κ1) is 16.8. The lowest BCUT2D eigenvalue weighted by atomic mass is 10.0. The zero-order valence-corrected chi connectivity index (χ0v) is 14.9. The van der Waals surface area contributed by atoms with E-state index in [4.69, 9.17) is 4.74 Å². The molecule has 0 spiro atoms. The van der Waals surface area contributed by atoms with E-state index < -0.39 is 0 Å². The van der Waals surface area contributed by atoms with Gasteiger partial charge < -0.3 is 14.6 Å². The van der Waals surface area contributed by atoms with Gasteiger partial charge in [-0.2, -0.15) is 0 Å². The summed E-state index contributed by atoms with van der Waals surface area (Å²) in [5, 5.41) is 0. The third kappa shape index (κ3) is 3.65. The molecule has 0 radical (unpaired) electrons. The third-order valence-corrected chi connectivity index (χ3v) is 5.76. The highest BCUT2D eigenvalue weighted by Gasteiger charge is 2.33. The number of aromatic amines is 1. The Balaban J connectivity index is 1.45. The first-order valence-corrected chi connectivity index (χ1v) is 9.49. The lowest BCUT2D eigenvalue weighted by molar-refractivity contribution is 0.000703. The second-order valence-electron chi connectivity index (χ2n) is 7.65. The van der Waals surface area contributed by atoms with Crippen molar-refractivity contribution in [1.29, 1.82) is 0 Å². The summed E-state index contributed by atoms with van der Waals surface area (Å²) >= 11 is 0. The van der Waals surface area contributed by atoms with Crippen LogP contribution >= 0.6 is 0 Å². The van der Waals surface area contributed by atoms with Crippen molar-refractivity contribution < 1.29 is 9.53 Å². The fourth-order valence-corrected chi connectivity index (χ4v) is 4.14. The van der Waals surface area contributed by atoms with E-state index in [-0.39, 0.29) is 17.5 Å². The van der Waals surface area contributed by atoms with Crippen LogP contribution in [0.15, 0.2) is 16.9 Å². The van der Waals surface area contributed by atoms with Gasteiger partial charge in [0.1, 0.15) is 0 Å². The summed E-state index contributed by atoms with van der Waals surface area (Å²) in [7, 11) is 0. The number of piperazine rings is 1. The molecule has 0 bridgehead atoms. The summed E-state index contributed by atoms with van der Waals surface area (Å²) in [6, 6.07) is 4.08. The molecule has 25 heavy (non-hydrogen) atoms. The minimum Gasteiger partial charge on any atom is -0.381 e. The SMILES string of the molecule is C[C@@H]1CN(C2CCOCC2)CCN1C(=O)c1cc(C2CC2)[nH]c(=O)c1. The van der Waals surface area contributed by atoms with Crippen LogP contribution in [0.2, 0.25) is 0 Å². The molecule has 1 aromatic rings. The molecule has 2 aliphatic heterocycles. The fraction of sp³-hybridized carbons (Fsp3) is 0.684. The lowest BCUT2D eigenvalue weighted by Crippen LogP contribution is -2.57. The zero-order valence-electron chi connectivity index (χ0n) is 14.9. The first-order valence-electron chi connectivity index (χ1n) is 9.49. The number of hydrogen-bond acceptors (Lipinski definition) is 4. The van der Waals surface area contributed by atoms with E-state index in [1.54, 1.807) is 0 Å². The van der Waals surface area contributed by atoms with Crippen LogP contribution in [0, 0.1) is 0 Å². The number of hydrogen-bond donors (Lipinski definition) is 1. The molecule has 136 valence electrons. The summed E-state index contributed by atoms with van der Waals surface area (Å²) in [5.41, 5.74) is 1.29. The van der Waals surface area contributed by atoms with Gasteiger partial charge in [0.25, 0.3) is 5.91 Å². The fourth-order valence-electron chi connectivity index (χ4n) is 4.14. The summed E-state index contributed by atoms with van der Waals surface area (Å²) in [4.78, 5) is 32.2. The van der Waals surface area contributed by atoms with Crippen molar-refractivity contribution in [3.05, 3.63) is 33.7 Å². The molecule has 1 N–H and O–H groups in total. The predicted molar refractivity (Wildman–Crippen MR) is 95.0 cm³/mol. The molecular weight excluding hydrogens is 318 g/mol. The van der Waals surface area contributed by atoms with Gasteiger partial charge in [0.2, 0.25) is 5.56 Å². The number of carbonyl (C=O) groups excluding carboxylic acids is 1. The van der Waals surface area contributed by atoms with Crippen molar-refractivity contribution in [2.24, 2.45) is 0 Å². The molecule has 6 nitrogen and oxygen atoms in total. The lowest BCUT2D eigenvalue weighted by Gasteiger charge is -2.44. The Bertz CT molecular complexity index is 691. The van der Waals surface area contributed by atoms with E-state index in [1.807, 2.05) is 11.0 Å². The number of pyridine rings is 1. The second kappa shape index (κ2) is 6.92. The van der Waals surface area contributed by atoms with E-state index in [1.165, 1.54) is 6.07 Å². The number of H-pyrrole nitrogens is 1. The van der Waals surface area contributed by atoms with Crippen LogP contribution in [0.5, 0.6) is 0 Å². The highest BCUT2D eigenvalue weighted by atomic mass is 16.5. The van der Waals surface area contributed by atoms with E-state index in [0.717, 1.165) is 64.2 Å². The molecule has 6 heteroatoms. The number of aromatic nitrogens is 1. The molecule has 2 saturated heterocycles. The number of nitrogens with one attached hydrogen (secondary N) is 1. The molecule has 1 aliphatic carbocycles. The van der Waals surface area contributed by atoms with Gasteiger partial charge in [0.15, 0.2) is 0 Å². The molecule has 1 aromatic heterocycles. The van der Waals surface area contributed by atoms with E-state index in [0.29, 0.717) is 17.5 Å². The van der Waals surface area contributed by atoms with Gasteiger partial charge in [-0.25, -0.2) is 0 Å². The van der Waals surface area contributed by atoms with Crippen LogP contribution in [0.25, 0.3) is 0 Å². The highest BCUT2D eigenvalue weighted by molar-refractivity contribution is 5.94. The first-order chi connectivity index (χ1) is 12.1. The normalized spacial score (nSPS) is 26.0. The number of amides is 1. The molecule has 3 fully saturated rings. The molecular formula is C19H27N3O3. The van der Waals surface area contributed by atoms with Gasteiger partial charge in [-0.15, -0.1) is 0 Å². The van der Waals surface area contributed by atoms with Crippen molar-refractivity contribution in [3.63, 3.8) is 0 Å².